The highest BCUT2D eigenvalue weighted by Gasteiger charge is 2.63. The Morgan fingerprint density at radius 3 is 1.77 bits per heavy atom. The lowest BCUT2D eigenvalue weighted by atomic mass is 9.52. The van der Waals surface area contributed by atoms with Gasteiger partial charge >= 0.3 is 18.0 Å². The van der Waals surface area contributed by atoms with Crippen LogP contribution < -0.4 is 11.1 Å². The SMILES string of the molecule is C.C.CC1=C2C[C@H]3[C@@H](CC[C@@H]4C[C@H](OC(=O)CN)CC[C@@]43C)[C@@H]2CC[C@@]2(C1)O[C@@H]1C[C@H](C)CN[C@H]1[C@H]2C.CCC(=O)O[C@@H]1CC[C@@]2(C)[C@H](CC[C@H]3[C@@H]4CC[C@@]5(CC(C)=C4C[C@@H]32)O[C@@H]2C[C@H](C)CN(C(=O)OCc3ccccc3)[C@H]2[C@H]5C)C1. The average molecular weight is 1130 g/mol. The van der Waals surface area contributed by atoms with E-state index in [0.29, 0.717) is 71.5 Å². The molecule has 1 amide bonds. The molecule has 0 unspecified atom stereocenters. The van der Waals surface area contributed by atoms with Gasteiger partial charge in [-0.25, -0.2) is 4.79 Å². The van der Waals surface area contributed by atoms with E-state index in [-0.39, 0.29) is 80.9 Å². The smallest absolute Gasteiger partial charge is 0.410 e. The number of benzene rings is 1. The minimum atomic E-state index is -0.238. The first-order chi connectivity index (χ1) is 38.4. The van der Waals surface area contributed by atoms with Crippen LogP contribution in [0.25, 0.3) is 0 Å². The number of esters is 2. The molecule has 0 bridgehead atoms. The third-order valence-electron chi connectivity index (χ3n) is 25.8. The van der Waals surface area contributed by atoms with E-state index in [1.54, 1.807) is 16.7 Å². The lowest BCUT2D eigenvalue weighted by Gasteiger charge is -2.54. The number of hydrogen-bond acceptors (Lipinski definition) is 10. The first kappa shape index (κ1) is 61.8. The standard InChI is InChI=1S/C39H55NO5.C30H48N2O3.2CH4/c1-6-35(41)44-29-14-16-38(5)28(19-29)12-13-31-30-15-17-39(21-25(3)32(30)20-33(31)38)26(4)36-34(45-39)18-24(2)22-40(36)37(42)43-23-27-10-8-7-9-11-27;1-17-11-26-28(32-16-17)19(3)30(35-26)10-8-22-23-6-5-20-12-21(34-27(33)15-31)7-9-29(20,4)25(23)13-24(22)18(2)14-30;;/h7-11,24,26,28-31,33-34,36H,6,12-23H2,1-5H3;17,19-23,25-26,28,32H,5-16,31H2,1-4H3;2*1H4/t24-,26+,28+,29+,30-,31-,33-,34+,36-,38-,39-;17-,19+,20+,21+,22-,23-,25-,26+,28-,29-,30-;;/m00../s1. The van der Waals surface area contributed by atoms with Gasteiger partial charge in [-0.15, -0.1) is 0 Å². The Balaban J connectivity index is 0.000000184. The van der Waals surface area contributed by atoms with E-state index in [1.807, 2.05) is 47.7 Å². The van der Waals surface area contributed by atoms with Crippen LogP contribution in [0.1, 0.15) is 218 Å². The number of allylic oxidation sites excluding steroid dienone is 2. The number of fused-ring (bicyclic) bond motifs is 12. The van der Waals surface area contributed by atoms with Crippen LogP contribution in [-0.2, 0) is 39.9 Å². The van der Waals surface area contributed by atoms with Crippen LogP contribution in [0.5, 0.6) is 0 Å². The molecule has 2 spiro atoms. The summed E-state index contributed by atoms with van der Waals surface area (Å²) in [6.07, 6.45) is 24.3. The Hall–Kier alpha value is -3.25. The topological polar surface area (TPSA) is 139 Å². The summed E-state index contributed by atoms with van der Waals surface area (Å²) >= 11 is 0. The number of carbonyl (C=O) groups excluding carboxylic acids is 3. The Kier molecular flexibility index (Phi) is 18.2. The van der Waals surface area contributed by atoms with Crippen molar-refractivity contribution in [2.45, 2.75) is 266 Å². The maximum atomic E-state index is 13.6. The molecule has 0 aromatic heterocycles. The summed E-state index contributed by atoms with van der Waals surface area (Å²) < 4.78 is 31.7. The van der Waals surface area contributed by atoms with Gasteiger partial charge in [-0.1, -0.05) is 116 Å². The molecule has 11 nitrogen and oxygen atoms in total. The van der Waals surface area contributed by atoms with Crippen molar-refractivity contribution in [1.29, 1.82) is 0 Å². The van der Waals surface area contributed by atoms with Gasteiger partial charge in [-0.3, -0.25) is 9.59 Å². The van der Waals surface area contributed by atoms with Gasteiger partial charge in [0, 0.05) is 30.8 Å². The van der Waals surface area contributed by atoms with E-state index in [4.69, 9.17) is 29.4 Å². The molecular weight excluding hydrogens is 1020 g/mol. The van der Waals surface area contributed by atoms with E-state index in [0.717, 1.165) is 99.6 Å². The number of nitrogens with two attached hydrogens (primary N) is 1. The summed E-state index contributed by atoms with van der Waals surface area (Å²) in [5.74, 6) is 7.55. The highest BCUT2D eigenvalue weighted by molar-refractivity contribution is 5.71. The quantitative estimate of drug-likeness (QED) is 0.161. The first-order valence-corrected chi connectivity index (χ1v) is 32.9. The molecule has 3 N–H and O–H groups in total. The van der Waals surface area contributed by atoms with Crippen molar-refractivity contribution in [1.82, 2.24) is 10.2 Å². The van der Waals surface area contributed by atoms with E-state index in [9.17, 15) is 14.4 Å². The fourth-order valence-electron chi connectivity index (χ4n) is 21.5. The van der Waals surface area contributed by atoms with Crippen LogP contribution in [-0.4, -0.2) is 90.3 Å². The Morgan fingerprint density at radius 2 is 1.21 bits per heavy atom. The molecule has 8 aliphatic carbocycles. The zero-order valence-electron chi connectivity index (χ0n) is 50.7. The molecule has 6 saturated carbocycles. The molecule has 82 heavy (non-hydrogen) atoms. The van der Waals surface area contributed by atoms with Crippen LogP contribution in [0.2, 0.25) is 0 Å². The monoisotopic (exact) mass is 1130 g/mol. The van der Waals surface area contributed by atoms with Gasteiger partial charge in [0.25, 0.3) is 0 Å². The Labute approximate surface area is 495 Å². The molecule has 4 aliphatic heterocycles. The van der Waals surface area contributed by atoms with Gasteiger partial charge in [-0.2, -0.15) is 0 Å². The van der Waals surface area contributed by atoms with E-state index < -0.39 is 0 Å². The van der Waals surface area contributed by atoms with Gasteiger partial charge in [0.1, 0.15) is 18.8 Å². The molecule has 12 aliphatic rings. The molecule has 0 radical (unpaired) electrons. The molecule has 4 heterocycles. The van der Waals surface area contributed by atoms with Gasteiger partial charge < -0.3 is 39.6 Å². The number of piperidine rings is 2. The molecule has 458 valence electrons. The number of amides is 1. The fourth-order valence-corrected chi connectivity index (χ4v) is 21.5. The minimum absolute atomic E-state index is 0. The van der Waals surface area contributed by atoms with Crippen molar-refractivity contribution in [2.75, 3.05) is 19.6 Å². The molecular formula is C71H111N3O8. The number of carbonyl (C=O) groups is 3. The zero-order valence-corrected chi connectivity index (χ0v) is 50.7. The first-order valence-electron chi connectivity index (χ1n) is 32.9. The van der Waals surface area contributed by atoms with Crippen molar-refractivity contribution in [3.63, 3.8) is 0 Å². The molecule has 22 atom stereocenters. The van der Waals surface area contributed by atoms with Gasteiger partial charge in [-0.05, 0) is 224 Å². The summed E-state index contributed by atoms with van der Waals surface area (Å²) in [4.78, 5) is 39.4. The maximum absolute atomic E-state index is 13.6. The summed E-state index contributed by atoms with van der Waals surface area (Å²) in [6, 6.07) is 10.6. The number of hydrogen-bond donors (Lipinski definition) is 2. The summed E-state index contributed by atoms with van der Waals surface area (Å²) in [5.41, 5.74) is 13.9. The van der Waals surface area contributed by atoms with Crippen molar-refractivity contribution in [3.8, 4) is 0 Å². The van der Waals surface area contributed by atoms with Gasteiger partial charge in [0.05, 0.1) is 36.0 Å². The summed E-state index contributed by atoms with van der Waals surface area (Å²) in [5, 5.41) is 3.86. The number of nitrogens with one attached hydrogen (secondary N) is 1. The predicted molar refractivity (Wildman–Crippen MR) is 325 cm³/mol. The van der Waals surface area contributed by atoms with Crippen LogP contribution in [0.4, 0.5) is 4.79 Å². The third kappa shape index (κ3) is 10.9. The minimum Gasteiger partial charge on any atom is -0.462 e. The number of rotatable bonds is 6. The molecule has 4 saturated heterocycles. The normalized spacial score (nSPS) is 45.1. The Bertz CT molecular complexity index is 2530. The van der Waals surface area contributed by atoms with Crippen molar-refractivity contribution >= 4 is 18.0 Å². The predicted octanol–water partition coefficient (Wildman–Crippen LogP) is 14.7. The van der Waals surface area contributed by atoms with Crippen LogP contribution in [0, 0.1) is 81.8 Å². The van der Waals surface area contributed by atoms with Crippen LogP contribution in [0.3, 0.4) is 0 Å². The molecule has 1 aromatic rings. The van der Waals surface area contributed by atoms with Gasteiger partial charge in [0.2, 0.25) is 0 Å². The number of likely N-dealkylation sites (tertiary alicyclic amines) is 1. The van der Waals surface area contributed by atoms with E-state index in [2.05, 4.69) is 60.7 Å². The number of ether oxygens (including phenoxy) is 5. The number of nitrogens with zero attached hydrogens (tertiary/aromatic N) is 1. The van der Waals surface area contributed by atoms with E-state index in [1.165, 1.54) is 77.0 Å². The average Bonchev–Trinajstić information content (AvgIpc) is 3.12. The highest BCUT2D eigenvalue weighted by Crippen LogP contribution is 2.68. The lowest BCUT2D eigenvalue weighted by molar-refractivity contribution is -0.156. The fraction of sp³-hybridized carbons (Fsp3) is 0.817. The summed E-state index contributed by atoms with van der Waals surface area (Å²) in [6.45, 7) is 23.5. The maximum Gasteiger partial charge on any atom is 0.410 e. The largest absolute Gasteiger partial charge is 0.462 e. The molecule has 13 rings (SSSR count). The second kappa shape index (κ2) is 24.1. The van der Waals surface area contributed by atoms with Crippen LogP contribution >= 0.6 is 0 Å². The Morgan fingerprint density at radius 1 is 0.671 bits per heavy atom. The van der Waals surface area contributed by atoms with Crippen LogP contribution in [0.15, 0.2) is 52.6 Å². The van der Waals surface area contributed by atoms with Gasteiger partial charge in [0.15, 0.2) is 0 Å². The molecule has 1 aromatic carbocycles. The van der Waals surface area contributed by atoms with E-state index >= 15 is 0 Å². The molecule has 10 fully saturated rings. The lowest BCUT2D eigenvalue weighted by Crippen LogP contribution is -2.54. The second-order valence-corrected chi connectivity index (χ2v) is 29.9. The van der Waals surface area contributed by atoms with Crippen molar-refractivity contribution in [2.24, 2.45) is 87.6 Å². The highest BCUT2D eigenvalue weighted by atomic mass is 16.6. The zero-order chi connectivity index (χ0) is 56.0. The molecule has 11 heteroatoms. The summed E-state index contributed by atoms with van der Waals surface area (Å²) in [7, 11) is 0. The third-order valence-corrected chi connectivity index (χ3v) is 25.8. The second-order valence-electron chi connectivity index (χ2n) is 29.9. The van der Waals surface area contributed by atoms with Crippen molar-refractivity contribution in [3.05, 3.63) is 58.2 Å². The van der Waals surface area contributed by atoms with Crippen molar-refractivity contribution < 1.29 is 38.1 Å².